The highest BCUT2D eigenvalue weighted by Crippen LogP contribution is 2.00. The van der Waals surface area contributed by atoms with Gasteiger partial charge in [-0.1, -0.05) is 13.8 Å². The first-order chi connectivity index (χ1) is 15.4. The molecule has 0 unspecified atom stereocenters. The van der Waals surface area contributed by atoms with E-state index >= 15 is 0 Å². The van der Waals surface area contributed by atoms with Crippen molar-refractivity contribution in [2.24, 2.45) is 0 Å². The second-order valence-corrected chi connectivity index (χ2v) is 7.44. The maximum atomic E-state index is 11.5. The number of rotatable bonds is 20. The lowest BCUT2D eigenvalue weighted by molar-refractivity contribution is -0.142. The van der Waals surface area contributed by atoms with Crippen molar-refractivity contribution in [2.75, 3.05) is 93.3 Å². The Hall–Kier alpha value is -1.75. The summed E-state index contributed by atoms with van der Waals surface area (Å²) < 4.78 is 14.1. The molecule has 0 atom stereocenters. The van der Waals surface area contributed by atoms with Crippen LogP contribution in [0.15, 0.2) is 0 Å². The van der Waals surface area contributed by atoms with Crippen LogP contribution >= 0.6 is 0 Å². The molecule has 0 aliphatic carbocycles. The van der Waals surface area contributed by atoms with Crippen LogP contribution in [-0.4, -0.2) is 126 Å². The Labute approximate surface area is 193 Å². The standard InChI is InChI=1S/C22H44N4O6/c1-6-24(15-12-23-11-8-20(27)30-3)16-17-25(7-2)18-19-26(13-9-21(28)31-4)14-10-22(29)32-5/h23H,6-19H2,1-5H3. The van der Waals surface area contributed by atoms with Gasteiger partial charge in [0, 0.05) is 58.9 Å². The molecule has 1 N–H and O–H groups in total. The predicted molar refractivity (Wildman–Crippen MR) is 123 cm³/mol. The maximum Gasteiger partial charge on any atom is 0.306 e. The fourth-order valence-corrected chi connectivity index (χ4v) is 3.11. The fraction of sp³-hybridized carbons (Fsp3) is 0.864. The summed E-state index contributed by atoms with van der Waals surface area (Å²) in [6, 6.07) is 0. The smallest absolute Gasteiger partial charge is 0.306 e. The summed E-state index contributed by atoms with van der Waals surface area (Å²) in [5.41, 5.74) is 0. The molecule has 0 aliphatic heterocycles. The van der Waals surface area contributed by atoms with Crippen molar-refractivity contribution in [3.05, 3.63) is 0 Å². The molecule has 0 fully saturated rings. The van der Waals surface area contributed by atoms with Crippen molar-refractivity contribution in [3.8, 4) is 0 Å². The van der Waals surface area contributed by atoms with Crippen LogP contribution in [0.4, 0.5) is 0 Å². The third kappa shape index (κ3) is 16.0. The molecule has 0 heterocycles. The van der Waals surface area contributed by atoms with Gasteiger partial charge in [0.2, 0.25) is 0 Å². The average Bonchev–Trinajstić information content (AvgIpc) is 2.82. The van der Waals surface area contributed by atoms with E-state index in [-0.39, 0.29) is 17.9 Å². The molecule has 10 nitrogen and oxygen atoms in total. The lowest BCUT2D eigenvalue weighted by atomic mass is 10.3. The van der Waals surface area contributed by atoms with Crippen LogP contribution in [0.5, 0.6) is 0 Å². The number of esters is 3. The Bertz CT molecular complexity index is 501. The van der Waals surface area contributed by atoms with Gasteiger partial charge >= 0.3 is 17.9 Å². The molecule has 0 rings (SSSR count). The second-order valence-electron chi connectivity index (χ2n) is 7.44. The average molecular weight is 461 g/mol. The topological polar surface area (TPSA) is 101 Å². The fourth-order valence-electron chi connectivity index (χ4n) is 3.11. The van der Waals surface area contributed by atoms with Crippen molar-refractivity contribution in [1.82, 2.24) is 20.0 Å². The summed E-state index contributed by atoms with van der Waals surface area (Å²) in [5.74, 6) is -0.700. The molecule has 0 aliphatic rings. The Kier molecular flexibility index (Phi) is 18.8. The van der Waals surface area contributed by atoms with Gasteiger partial charge in [-0.3, -0.25) is 14.4 Å². The third-order valence-corrected chi connectivity index (χ3v) is 5.42. The number of carbonyl (C=O) groups excluding carboxylic acids is 3. The highest BCUT2D eigenvalue weighted by Gasteiger charge is 2.13. The maximum absolute atomic E-state index is 11.5. The largest absolute Gasteiger partial charge is 0.469 e. The van der Waals surface area contributed by atoms with Crippen LogP contribution in [0, 0.1) is 0 Å². The molecule has 188 valence electrons. The number of hydrogen-bond acceptors (Lipinski definition) is 10. The van der Waals surface area contributed by atoms with E-state index in [1.54, 1.807) is 0 Å². The van der Waals surface area contributed by atoms with Crippen molar-refractivity contribution < 1.29 is 28.6 Å². The Balaban J connectivity index is 4.38. The summed E-state index contributed by atoms with van der Waals surface area (Å²) in [4.78, 5) is 41.0. The molecule has 0 aromatic rings. The second kappa shape index (κ2) is 19.9. The summed E-state index contributed by atoms with van der Waals surface area (Å²) in [6.07, 6.45) is 0.988. The van der Waals surface area contributed by atoms with E-state index in [9.17, 15) is 14.4 Å². The molecular formula is C22H44N4O6. The lowest BCUT2D eigenvalue weighted by Gasteiger charge is -2.29. The van der Waals surface area contributed by atoms with Gasteiger partial charge in [0.1, 0.15) is 0 Å². The van der Waals surface area contributed by atoms with Crippen molar-refractivity contribution in [1.29, 1.82) is 0 Å². The molecule has 0 aromatic carbocycles. The summed E-state index contributed by atoms with van der Waals surface area (Å²) in [6.45, 7) is 13.2. The molecule has 10 heteroatoms. The van der Waals surface area contributed by atoms with E-state index in [2.05, 4.69) is 38.6 Å². The molecule has 0 radical (unpaired) electrons. The Morgan fingerprint density at radius 1 is 0.562 bits per heavy atom. The number of hydrogen-bond donors (Lipinski definition) is 1. The summed E-state index contributed by atoms with van der Waals surface area (Å²) in [5, 5.41) is 3.27. The molecule has 0 saturated heterocycles. The first-order valence-corrected chi connectivity index (χ1v) is 11.5. The van der Waals surface area contributed by atoms with E-state index in [4.69, 9.17) is 9.47 Å². The van der Waals surface area contributed by atoms with Crippen molar-refractivity contribution >= 4 is 17.9 Å². The van der Waals surface area contributed by atoms with Gasteiger partial charge in [-0.05, 0) is 13.1 Å². The Morgan fingerprint density at radius 3 is 1.41 bits per heavy atom. The van der Waals surface area contributed by atoms with Crippen LogP contribution in [0.1, 0.15) is 33.1 Å². The quantitative estimate of drug-likeness (QED) is 0.154. The first kappa shape index (κ1) is 30.2. The minimum atomic E-state index is -0.251. The number of nitrogens with zero attached hydrogens (tertiary/aromatic N) is 3. The van der Waals surface area contributed by atoms with Gasteiger partial charge in [-0.15, -0.1) is 0 Å². The number of likely N-dealkylation sites (N-methyl/N-ethyl adjacent to an activating group) is 2. The van der Waals surface area contributed by atoms with Gasteiger partial charge in [0.25, 0.3) is 0 Å². The highest BCUT2D eigenvalue weighted by molar-refractivity contribution is 5.70. The minimum Gasteiger partial charge on any atom is -0.469 e. The van der Waals surface area contributed by atoms with Crippen LogP contribution in [-0.2, 0) is 28.6 Å². The SMILES string of the molecule is CCN(CCNCCC(=O)OC)CCN(CC)CCN(CCC(=O)OC)CCC(=O)OC. The van der Waals surface area contributed by atoms with E-state index in [1.807, 2.05) is 0 Å². The van der Waals surface area contributed by atoms with Gasteiger partial charge in [-0.2, -0.15) is 0 Å². The molecule has 0 saturated carbocycles. The first-order valence-electron chi connectivity index (χ1n) is 11.5. The van der Waals surface area contributed by atoms with E-state index in [1.165, 1.54) is 21.3 Å². The molecular weight excluding hydrogens is 416 g/mol. The van der Waals surface area contributed by atoms with Crippen LogP contribution in [0.25, 0.3) is 0 Å². The summed E-state index contributed by atoms with van der Waals surface area (Å²) in [7, 11) is 4.17. The number of carbonyl (C=O) groups is 3. The monoisotopic (exact) mass is 460 g/mol. The molecule has 32 heavy (non-hydrogen) atoms. The van der Waals surface area contributed by atoms with Gasteiger partial charge < -0.3 is 34.2 Å². The third-order valence-electron chi connectivity index (χ3n) is 5.42. The van der Waals surface area contributed by atoms with E-state index in [0.717, 1.165) is 52.4 Å². The highest BCUT2D eigenvalue weighted by atomic mass is 16.5. The predicted octanol–water partition coefficient (Wildman–Crippen LogP) is 0.211. The molecule has 0 amide bonds. The van der Waals surface area contributed by atoms with Gasteiger partial charge in [0.05, 0.1) is 40.6 Å². The molecule has 0 spiro atoms. The molecule has 0 bridgehead atoms. The van der Waals surface area contributed by atoms with Crippen molar-refractivity contribution in [2.45, 2.75) is 33.1 Å². The zero-order valence-electron chi connectivity index (χ0n) is 20.7. The molecule has 0 aromatic heterocycles. The van der Waals surface area contributed by atoms with E-state index < -0.39 is 0 Å². The number of nitrogens with one attached hydrogen (secondary N) is 1. The van der Waals surface area contributed by atoms with Crippen LogP contribution in [0.2, 0.25) is 0 Å². The summed E-state index contributed by atoms with van der Waals surface area (Å²) >= 11 is 0. The number of ether oxygens (including phenoxy) is 3. The zero-order valence-corrected chi connectivity index (χ0v) is 20.7. The normalized spacial score (nSPS) is 11.2. The van der Waals surface area contributed by atoms with E-state index in [0.29, 0.717) is 38.9 Å². The van der Waals surface area contributed by atoms with Crippen LogP contribution in [0.3, 0.4) is 0 Å². The van der Waals surface area contributed by atoms with Crippen molar-refractivity contribution in [3.63, 3.8) is 0 Å². The zero-order chi connectivity index (χ0) is 24.2. The van der Waals surface area contributed by atoms with Gasteiger partial charge in [0.15, 0.2) is 0 Å². The van der Waals surface area contributed by atoms with Gasteiger partial charge in [-0.25, -0.2) is 0 Å². The Morgan fingerprint density at radius 2 is 0.969 bits per heavy atom. The minimum absolute atomic E-state index is 0.198. The lowest BCUT2D eigenvalue weighted by Crippen LogP contribution is -2.42. The number of methoxy groups -OCH3 is 3. The van der Waals surface area contributed by atoms with Crippen LogP contribution < -0.4 is 5.32 Å².